The molecule has 0 saturated carbocycles. The minimum Gasteiger partial charge on any atom is -0.494 e. The lowest BCUT2D eigenvalue weighted by Crippen LogP contribution is -1.97. The van der Waals surface area contributed by atoms with Gasteiger partial charge in [-0.1, -0.05) is 0 Å². The van der Waals surface area contributed by atoms with Crippen LogP contribution in [0.5, 0.6) is 5.75 Å². The van der Waals surface area contributed by atoms with Gasteiger partial charge in [0.05, 0.1) is 12.8 Å². The van der Waals surface area contributed by atoms with Crippen LogP contribution in [-0.2, 0) is 0 Å². The van der Waals surface area contributed by atoms with Gasteiger partial charge in [-0.2, -0.15) is 0 Å². The molecular weight excluding hydrogens is 190 g/mol. The van der Waals surface area contributed by atoms with Gasteiger partial charge in [-0.05, 0) is 12.1 Å². The highest BCUT2D eigenvalue weighted by atomic mass is 16.5. The van der Waals surface area contributed by atoms with Crippen LogP contribution in [0.2, 0.25) is 0 Å². The van der Waals surface area contributed by atoms with E-state index in [0.717, 1.165) is 11.3 Å². The van der Waals surface area contributed by atoms with E-state index in [-0.39, 0.29) is 0 Å². The molecule has 76 valence electrons. The molecule has 15 heavy (non-hydrogen) atoms. The zero-order valence-corrected chi connectivity index (χ0v) is 8.34. The summed E-state index contributed by atoms with van der Waals surface area (Å²) in [5.41, 5.74) is 8.12. The SMILES string of the molecule is COc1ccnc(-c2ccncc2)c1N. The number of ether oxygens (including phenoxy) is 1. The fourth-order valence-electron chi connectivity index (χ4n) is 1.37. The van der Waals surface area contributed by atoms with Crippen molar-refractivity contribution in [3.8, 4) is 17.0 Å². The lowest BCUT2D eigenvalue weighted by Gasteiger charge is -2.08. The molecule has 0 atom stereocenters. The highest BCUT2D eigenvalue weighted by molar-refractivity contribution is 5.76. The van der Waals surface area contributed by atoms with Gasteiger partial charge in [-0.3, -0.25) is 9.97 Å². The van der Waals surface area contributed by atoms with E-state index in [4.69, 9.17) is 10.5 Å². The number of hydrogen-bond donors (Lipinski definition) is 1. The third-order valence-corrected chi connectivity index (χ3v) is 2.12. The van der Waals surface area contributed by atoms with Crippen LogP contribution >= 0.6 is 0 Å². The molecule has 4 heteroatoms. The minimum absolute atomic E-state index is 0.547. The molecule has 4 nitrogen and oxygen atoms in total. The topological polar surface area (TPSA) is 61.0 Å². The molecule has 2 rings (SSSR count). The molecule has 0 aromatic carbocycles. The van der Waals surface area contributed by atoms with Crippen molar-refractivity contribution >= 4 is 5.69 Å². The number of aromatic nitrogens is 2. The molecule has 2 heterocycles. The summed E-state index contributed by atoms with van der Waals surface area (Å²) in [5.74, 6) is 0.636. The van der Waals surface area contributed by atoms with Crippen LogP contribution < -0.4 is 10.5 Å². The van der Waals surface area contributed by atoms with Gasteiger partial charge in [0.2, 0.25) is 0 Å². The summed E-state index contributed by atoms with van der Waals surface area (Å²) in [5, 5.41) is 0. The average Bonchev–Trinajstić information content (AvgIpc) is 2.30. The Hall–Kier alpha value is -2.10. The first-order chi connectivity index (χ1) is 7.33. The van der Waals surface area contributed by atoms with E-state index in [2.05, 4.69) is 9.97 Å². The summed E-state index contributed by atoms with van der Waals surface area (Å²) < 4.78 is 5.13. The Bertz CT molecular complexity index is 457. The normalized spacial score (nSPS) is 9.93. The van der Waals surface area contributed by atoms with E-state index in [1.807, 2.05) is 12.1 Å². The van der Waals surface area contributed by atoms with Gasteiger partial charge in [0.1, 0.15) is 11.4 Å². The van der Waals surface area contributed by atoms with Crippen LogP contribution in [0.15, 0.2) is 36.8 Å². The molecule has 0 aliphatic carbocycles. The van der Waals surface area contributed by atoms with Crippen LogP contribution in [0.1, 0.15) is 0 Å². The Kier molecular flexibility index (Phi) is 2.49. The number of nitrogens with zero attached hydrogens (tertiary/aromatic N) is 2. The summed E-state index contributed by atoms with van der Waals surface area (Å²) in [6.45, 7) is 0. The molecular formula is C11H11N3O. The second-order valence-corrected chi connectivity index (χ2v) is 3.01. The number of rotatable bonds is 2. The van der Waals surface area contributed by atoms with E-state index in [0.29, 0.717) is 11.4 Å². The zero-order valence-electron chi connectivity index (χ0n) is 8.34. The second-order valence-electron chi connectivity index (χ2n) is 3.01. The second kappa shape index (κ2) is 3.96. The molecule has 2 N–H and O–H groups in total. The molecule has 2 aromatic heterocycles. The third kappa shape index (κ3) is 1.74. The van der Waals surface area contributed by atoms with E-state index in [1.165, 1.54) is 0 Å². The van der Waals surface area contributed by atoms with Gasteiger partial charge < -0.3 is 10.5 Å². The summed E-state index contributed by atoms with van der Waals surface area (Å²) in [6.07, 6.45) is 5.08. The molecule has 0 radical (unpaired) electrons. The fourth-order valence-corrected chi connectivity index (χ4v) is 1.37. The van der Waals surface area contributed by atoms with Crippen molar-refractivity contribution in [3.05, 3.63) is 36.8 Å². The molecule has 0 aliphatic rings. The molecule has 0 fully saturated rings. The molecule has 0 unspecified atom stereocenters. The summed E-state index contributed by atoms with van der Waals surface area (Å²) in [7, 11) is 1.59. The Morgan fingerprint density at radius 3 is 2.53 bits per heavy atom. The maximum absolute atomic E-state index is 5.92. The predicted molar refractivity (Wildman–Crippen MR) is 58.4 cm³/mol. The molecule has 2 aromatic rings. The monoisotopic (exact) mass is 201 g/mol. The lowest BCUT2D eigenvalue weighted by atomic mass is 10.1. The summed E-state index contributed by atoms with van der Waals surface area (Å²) in [4.78, 5) is 8.17. The highest BCUT2D eigenvalue weighted by Gasteiger charge is 2.07. The molecule has 0 aliphatic heterocycles. The smallest absolute Gasteiger partial charge is 0.145 e. The molecule has 0 amide bonds. The van der Waals surface area contributed by atoms with E-state index in [1.54, 1.807) is 31.8 Å². The van der Waals surface area contributed by atoms with Crippen LogP contribution in [0.4, 0.5) is 5.69 Å². The first-order valence-electron chi connectivity index (χ1n) is 4.52. The lowest BCUT2D eigenvalue weighted by molar-refractivity contribution is 0.416. The third-order valence-electron chi connectivity index (χ3n) is 2.12. The molecule has 0 saturated heterocycles. The number of anilines is 1. The zero-order chi connectivity index (χ0) is 10.7. The fraction of sp³-hybridized carbons (Fsp3) is 0.0909. The number of hydrogen-bond acceptors (Lipinski definition) is 4. The Labute approximate surface area is 87.7 Å². The first kappa shape index (κ1) is 9.45. The van der Waals surface area contributed by atoms with Crippen molar-refractivity contribution in [1.82, 2.24) is 9.97 Å². The summed E-state index contributed by atoms with van der Waals surface area (Å²) in [6, 6.07) is 5.45. The predicted octanol–water partition coefficient (Wildman–Crippen LogP) is 1.73. The van der Waals surface area contributed by atoms with Gasteiger partial charge in [0.25, 0.3) is 0 Å². The van der Waals surface area contributed by atoms with Gasteiger partial charge in [0, 0.05) is 30.2 Å². The average molecular weight is 201 g/mol. The van der Waals surface area contributed by atoms with Crippen molar-refractivity contribution in [2.24, 2.45) is 0 Å². The number of pyridine rings is 2. The van der Waals surface area contributed by atoms with Gasteiger partial charge in [-0.25, -0.2) is 0 Å². The largest absolute Gasteiger partial charge is 0.494 e. The standard InChI is InChI=1S/C11H11N3O/c1-15-9-4-7-14-11(10(9)12)8-2-5-13-6-3-8/h2-7H,12H2,1H3. The number of methoxy groups -OCH3 is 1. The minimum atomic E-state index is 0.547. The Balaban J connectivity index is 2.54. The van der Waals surface area contributed by atoms with Crippen LogP contribution in [0, 0.1) is 0 Å². The van der Waals surface area contributed by atoms with Crippen molar-refractivity contribution in [3.63, 3.8) is 0 Å². The highest BCUT2D eigenvalue weighted by Crippen LogP contribution is 2.30. The number of nitrogen functional groups attached to an aromatic ring is 1. The van der Waals surface area contributed by atoms with E-state index < -0.39 is 0 Å². The number of nitrogens with two attached hydrogens (primary N) is 1. The maximum atomic E-state index is 5.92. The quantitative estimate of drug-likeness (QED) is 0.803. The van der Waals surface area contributed by atoms with Crippen molar-refractivity contribution < 1.29 is 4.74 Å². The van der Waals surface area contributed by atoms with Crippen molar-refractivity contribution in [1.29, 1.82) is 0 Å². The van der Waals surface area contributed by atoms with Crippen molar-refractivity contribution in [2.75, 3.05) is 12.8 Å². The van der Waals surface area contributed by atoms with Crippen LogP contribution in [0.25, 0.3) is 11.3 Å². The first-order valence-corrected chi connectivity index (χ1v) is 4.52. The van der Waals surface area contributed by atoms with Gasteiger partial charge >= 0.3 is 0 Å². The van der Waals surface area contributed by atoms with Gasteiger partial charge in [-0.15, -0.1) is 0 Å². The summed E-state index contributed by atoms with van der Waals surface area (Å²) >= 11 is 0. The van der Waals surface area contributed by atoms with Crippen LogP contribution in [0.3, 0.4) is 0 Å². The van der Waals surface area contributed by atoms with E-state index in [9.17, 15) is 0 Å². The van der Waals surface area contributed by atoms with E-state index >= 15 is 0 Å². The van der Waals surface area contributed by atoms with Crippen LogP contribution in [-0.4, -0.2) is 17.1 Å². The maximum Gasteiger partial charge on any atom is 0.145 e. The Morgan fingerprint density at radius 2 is 1.87 bits per heavy atom. The Morgan fingerprint density at radius 1 is 1.13 bits per heavy atom. The van der Waals surface area contributed by atoms with Crippen molar-refractivity contribution in [2.45, 2.75) is 0 Å². The van der Waals surface area contributed by atoms with Gasteiger partial charge in [0.15, 0.2) is 0 Å². The molecule has 0 spiro atoms. The molecule has 0 bridgehead atoms.